The van der Waals surface area contributed by atoms with Gasteiger partial charge in [-0.1, -0.05) is 60.7 Å². The molecule has 0 N–H and O–H groups in total. The largest absolute Gasteiger partial charge is 0.496 e. The first-order chi connectivity index (χ1) is 19.1. The molecule has 0 bridgehead atoms. The van der Waals surface area contributed by atoms with Gasteiger partial charge in [-0.05, 0) is 29.3 Å². The molecule has 7 heteroatoms. The van der Waals surface area contributed by atoms with E-state index < -0.39 is 0 Å². The van der Waals surface area contributed by atoms with E-state index in [0.717, 1.165) is 11.1 Å². The third-order valence-corrected chi connectivity index (χ3v) is 6.23. The van der Waals surface area contributed by atoms with E-state index >= 15 is 0 Å². The van der Waals surface area contributed by atoms with E-state index in [2.05, 4.69) is 0 Å². The van der Waals surface area contributed by atoms with Gasteiger partial charge >= 0.3 is 0 Å². The molecule has 4 aromatic carbocycles. The van der Waals surface area contributed by atoms with Crippen LogP contribution in [0.1, 0.15) is 11.1 Å². The molecule has 1 heterocycles. The quantitative estimate of drug-likeness (QED) is 0.203. The van der Waals surface area contributed by atoms with Crippen LogP contribution in [0.5, 0.6) is 28.7 Å². The third kappa shape index (κ3) is 5.52. The topological polar surface area (TPSA) is 76.4 Å². The van der Waals surface area contributed by atoms with Gasteiger partial charge < -0.3 is 28.1 Å². The number of methoxy groups -OCH3 is 3. The average molecular weight is 525 g/mol. The summed E-state index contributed by atoms with van der Waals surface area (Å²) < 4.78 is 34.9. The second-order valence-corrected chi connectivity index (χ2v) is 8.71. The summed E-state index contributed by atoms with van der Waals surface area (Å²) in [5.41, 5.74) is 2.58. The van der Waals surface area contributed by atoms with Gasteiger partial charge in [0.05, 0.1) is 21.3 Å². The van der Waals surface area contributed by atoms with Gasteiger partial charge in [0, 0.05) is 17.7 Å². The molecule has 198 valence electrons. The van der Waals surface area contributed by atoms with E-state index in [1.807, 2.05) is 60.7 Å². The van der Waals surface area contributed by atoms with Crippen LogP contribution >= 0.6 is 0 Å². The van der Waals surface area contributed by atoms with Crippen LogP contribution in [-0.2, 0) is 13.2 Å². The Morgan fingerprint density at radius 2 is 1.28 bits per heavy atom. The number of hydrogen-bond acceptors (Lipinski definition) is 7. The molecule has 7 nitrogen and oxygen atoms in total. The molecule has 0 unspecified atom stereocenters. The molecule has 0 aliphatic heterocycles. The first-order valence-corrected chi connectivity index (χ1v) is 12.4. The summed E-state index contributed by atoms with van der Waals surface area (Å²) in [6, 6.07) is 28.3. The van der Waals surface area contributed by atoms with Crippen molar-refractivity contribution >= 4 is 11.0 Å². The molecule has 0 saturated heterocycles. The lowest BCUT2D eigenvalue weighted by molar-refractivity contribution is 0.284. The molecule has 0 aliphatic carbocycles. The summed E-state index contributed by atoms with van der Waals surface area (Å²) >= 11 is 0. The first-order valence-electron chi connectivity index (χ1n) is 12.4. The van der Waals surface area contributed by atoms with Crippen molar-refractivity contribution in [2.45, 2.75) is 13.2 Å². The minimum absolute atomic E-state index is 0.0544. The van der Waals surface area contributed by atoms with Gasteiger partial charge in [0.2, 0.25) is 11.2 Å². The summed E-state index contributed by atoms with van der Waals surface area (Å²) in [5, 5.41) is 0.264. The highest BCUT2D eigenvalue weighted by Crippen LogP contribution is 2.39. The first kappa shape index (κ1) is 25.7. The molecule has 0 atom stereocenters. The monoisotopic (exact) mass is 524 g/mol. The fourth-order valence-corrected chi connectivity index (χ4v) is 4.27. The minimum atomic E-state index is -0.358. The zero-order valence-corrected chi connectivity index (χ0v) is 21.9. The Kier molecular flexibility index (Phi) is 7.68. The van der Waals surface area contributed by atoms with Gasteiger partial charge in [0.1, 0.15) is 35.7 Å². The Balaban J connectivity index is 1.53. The number of fused-ring (bicyclic) bond motifs is 1. The summed E-state index contributed by atoms with van der Waals surface area (Å²) in [6.45, 7) is 0.737. The Morgan fingerprint density at radius 1 is 0.641 bits per heavy atom. The highest BCUT2D eigenvalue weighted by molar-refractivity contribution is 5.88. The van der Waals surface area contributed by atoms with Crippen molar-refractivity contribution in [1.29, 1.82) is 0 Å². The fourth-order valence-electron chi connectivity index (χ4n) is 4.27. The molecule has 0 radical (unpaired) electrons. The maximum Gasteiger partial charge on any atom is 0.239 e. The molecule has 0 fully saturated rings. The molecule has 5 rings (SSSR count). The standard InChI is InChI=1S/C32H28O7/c1-34-26-16-23(14-15-25(26)38-20-22-12-8-5-9-13-22)31-32(36-3)30(33)29-27(35-2)17-24(18-28(29)39-31)37-19-21-10-6-4-7-11-21/h4-18H,19-20H2,1-3H3. The molecule has 0 spiro atoms. The van der Waals surface area contributed by atoms with Crippen molar-refractivity contribution in [3.63, 3.8) is 0 Å². The van der Waals surface area contributed by atoms with Gasteiger partial charge in [-0.15, -0.1) is 0 Å². The zero-order chi connectivity index (χ0) is 27.2. The second kappa shape index (κ2) is 11.6. The van der Waals surface area contributed by atoms with Gasteiger partial charge in [-0.3, -0.25) is 4.79 Å². The lowest BCUT2D eigenvalue weighted by Crippen LogP contribution is -2.09. The van der Waals surface area contributed by atoms with E-state index in [9.17, 15) is 4.79 Å². The van der Waals surface area contributed by atoms with Crippen LogP contribution in [0.25, 0.3) is 22.3 Å². The highest BCUT2D eigenvalue weighted by Gasteiger charge is 2.22. The molecule has 0 saturated carbocycles. The van der Waals surface area contributed by atoms with Crippen LogP contribution in [0.2, 0.25) is 0 Å². The Labute approximate surface area is 226 Å². The molecular weight excluding hydrogens is 496 g/mol. The number of hydrogen-bond donors (Lipinski definition) is 0. The second-order valence-electron chi connectivity index (χ2n) is 8.71. The van der Waals surface area contributed by atoms with Gasteiger partial charge in [0.25, 0.3) is 0 Å². The average Bonchev–Trinajstić information content (AvgIpc) is 2.99. The van der Waals surface area contributed by atoms with Crippen LogP contribution < -0.4 is 29.1 Å². The number of rotatable bonds is 10. The summed E-state index contributed by atoms with van der Waals surface area (Å²) in [5.74, 6) is 2.20. The SMILES string of the molecule is COc1cc(-c2oc3cc(OCc4ccccc4)cc(OC)c3c(=O)c2OC)ccc1OCc1ccccc1. The zero-order valence-electron chi connectivity index (χ0n) is 21.9. The van der Waals surface area contributed by atoms with Gasteiger partial charge in [-0.2, -0.15) is 0 Å². The molecule has 0 aliphatic rings. The normalized spacial score (nSPS) is 10.7. The fraction of sp³-hybridized carbons (Fsp3) is 0.156. The van der Waals surface area contributed by atoms with E-state index in [-0.39, 0.29) is 22.3 Å². The van der Waals surface area contributed by atoms with Crippen LogP contribution in [0.15, 0.2) is 100 Å². The maximum atomic E-state index is 13.5. The van der Waals surface area contributed by atoms with Crippen molar-refractivity contribution in [3.8, 4) is 40.1 Å². The molecule has 1 aromatic heterocycles. The van der Waals surface area contributed by atoms with Gasteiger partial charge in [0.15, 0.2) is 17.3 Å². The minimum Gasteiger partial charge on any atom is -0.496 e. The van der Waals surface area contributed by atoms with Gasteiger partial charge in [-0.25, -0.2) is 0 Å². The summed E-state index contributed by atoms with van der Waals surface area (Å²) in [7, 11) is 4.48. The maximum absolute atomic E-state index is 13.5. The van der Waals surface area contributed by atoms with Crippen molar-refractivity contribution in [3.05, 3.63) is 112 Å². The molecule has 39 heavy (non-hydrogen) atoms. The number of ether oxygens (including phenoxy) is 5. The van der Waals surface area contributed by atoms with Crippen molar-refractivity contribution in [2.75, 3.05) is 21.3 Å². The van der Waals surface area contributed by atoms with Crippen LogP contribution in [0.4, 0.5) is 0 Å². The van der Waals surface area contributed by atoms with E-state index in [0.29, 0.717) is 47.4 Å². The molecular formula is C32H28O7. The van der Waals surface area contributed by atoms with Crippen LogP contribution in [0.3, 0.4) is 0 Å². The molecule has 5 aromatic rings. The predicted octanol–water partition coefficient (Wildman–Crippen LogP) is 6.64. The lowest BCUT2D eigenvalue weighted by atomic mass is 10.1. The Morgan fingerprint density at radius 3 is 1.90 bits per heavy atom. The van der Waals surface area contributed by atoms with Crippen molar-refractivity contribution in [1.82, 2.24) is 0 Å². The molecule has 0 amide bonds. The van der Waals surface area contributed by atoms with E-state index in [1.54, 1.807) is 37.4 Å². The Hall–Kier alpha value is -4.91. The lowest BCUT2D eigenvalue weighted by Gasteiger charge is -2.15. The smallest absolute Gasteiger partial charge is 0.239 e. The Bertz CT molecular complexity index is 1630. The highest BCUT2D eigenvalue weighted by atomic mass is 16.5. The van der Waals surface area contributed by atoms with Crippen molar-refractivity contribution < 1.29 is 28.1 Å². The summed E-state index contributed by atoms with van der Waals surface area (Å²) in [4.78, 5) is 13.5. The van der Waals surface area contributed by atoms with Crippen molar-refractivity contribution in [2.24, 2.45) is 0 Å². The third-order valence-electron chi connectivity index (χ3n) is 6.23. The van der Waals surface area contributed by atoms with E-state index in [4.69, 9.17) is 28.1 Å². The van der Waals surface area contributed by atoms with E-state index in [1.165, 1.54) is 14.2 Å². The number of benzene rings is 4. The van der Waals surface area contributed by atoms with Crippen LogP contribution in [-0.4, -0.2) is 21.3 Å². The predicted molar refractivity (Wildman–Crippen MR) is 149 cm³/mol. The summed E-state index contributed by atoms with van der Waals surface area (Å²) in [6.07, 6.45) is 0. The van der Waals surface area contributed by atoms with Crippen LogP contribution in [0, 0.1) is 0 Å².